The highest BCUT2D eigenvalue weighted by molar-refractivity contribution is 7.14. The van der Waals surface area contributed by atoms with E-state index in [1.165, 1.54) is 16.7 Å². The number of thiazole rings is 1. The Bertz CT molecular complexity index is 1080. The van der Waals surface area contributed by atoms with Gasteiger partial charge in [0.05, 0.1) is 11.3 Å². The first-order chi connectivity index (χ1) is 12.2. The van der Waals surface area contributed by atoms with Gasteiger partial charge in [-0.2, -0.15) is 0 Å². The molecule has 0 fully saturated rings. The van der Waals surface area contributed by atoms with E-state index in [1.807, 2.05) is 23.6 Å². The Kier molecular flexibility index (Phi) is 4.17. The van der Waals surface area contributed by atoms with Crippen LogP contribution in [0.25, 0.3) is 22.0 Å². The van der Waals surface area contributed by atoms with E-state index < -0.39 is 0 Å². The lowest BCUT2D eigenvalue weighted by molar-refractivity contribution is 0.102. The van der Waals surface area contributed by atoms with E-state index in [2.05, 4.69) is 39.6 Å². The van der Waals surface area contributed by atoms with Crippen molar-refractivity contribution >= 4 is 44.7 Å². The molecule has 1 N–H and O–H groups in total. The molecule has 0 aliphatic rings. The van der Waals surface area contributed by atoms with E-state index in [9.17, 15) is 4.79 Å². The SMILES string of the molecule is O=C(Nc1nc(-c2ccc3ccccc3c2)cs1)c1cccnc1Cl. The van der Waals surface area contributed by atoms with E-state index in [-0.39, 0.29) is 11.1 Å². The molecule has 4 nitrogen and oxygen atoms in total. The summed E-state index contributed by atoms with van der Waals surface area (Å²) in [7, 11) is 0. The lowest BCUT2D eigenvalue weighted by Crippen LogP contribution is -2.12. The van der Waals surface area contributed by atoms with E-state index in [0.717, 1.165) is 16.6 Å². The maximum absolute atomic E-state index is 12.3. The van der Waals surface area contributed by atoms with Crippen LogP contribution < -0.4 is 5.32 Å². The van der Waals surface area contributed by atoms with Crippen LogP contribution in [0, 0.1) is 0 Å². The number of pyridine rings is 1. The molecule has 2 heterocycles. The molecule has 2 aromatic heterocycles. The van der Waals surface area contributed by atoms with E-state index in [0.29, 0.717) is 10.7 Å². The van der Waals surface area contributed by atoms with Crippen LogP contribution in [0.4, 0.5) is 5.13 Å². The second-order valence-electron chi connectivity index (χ2n) is 5.40. The summed E-state index contributed by atoms with van der Waals surface area (Å²) in [4.78, 5) is 20.7. The number of rotatable bonds is 3. The second-order valence-corrected chi connectivity index (χ2v) is 6.61. The van der Waals surface area contributed by atoms with Crippen LogP contribution >= 0.6 is 22.9 Å². The van der Waals surface area contributed by atoms with Gasteiger partial charge in [0.1, 0.15) is 5.15 Å². The number of nitrogens with one attached hydrogen (secondary N) is 1. The van der Waals surface area contributed by atoms with Gasteiger partial charge in [0.15, 0.2) is 5.13 Å². The molecule has 122 valence electrons. The second kappa shape index (κ2) is 6.63. The Balaban J connectivity index is 1.59. The molecule has 1 amide bonds. The third-order valence-electron chi connectivity index (χ3n) is 3.77. The molecule has 4 rings (SSSR count). The first-order valence-electron chi connectivity index (χ1n) is 7.57. The molecule has 2 aromatic carbocycles. The number of amides is 1. The van der Waals surface area contributed by atoms with E-state index in [1.54, 1.807) is 18.3 Å². The van der Waals surface area contributed by atoms with Crippen LogP contribution in [0.1, 0.15) is 10.4 Å². The van der Waals surface area contributed by atoms with Crippen molar-refractivity contribution in [3.8, 4) is 11.3 Å². The minimum atomic E-state index is -0.322. The summed E-state index contributed by atoms with van der Waals surface area (Å²) in [6.45, 7) is 0. The molecule has 0 radical (unpaired) electrons. The zero-order valence-corrected chi connectivity index (χ0v) is 14.5. The molecule has 0 aliphatic carbocycles. The van der Waals surface area contributed by atoms with Gasteiger partial charge in [-0.1, -0.05) is 48.0 Å². The van der Waals surface area contributed by atoms with Crippen molar-refractivity contribution < 1.29 is 4.79 Å². The molecular formula is C19H12ClN3OS. The molecule has 0 spiro atoms. The van der Waals surface area contributed by atoms with Gasteiger partial charge in [-0.15, -0.1) is 11.3 Å². The van der Waals surface area contributed by atoms with Gasteiger partial charge in [0.25, 0.3) is 5.91 Å². The molecule has 0 saturated carbocycles. The monoisotopic (exact) mass is 365 g/mol. The Morgan fingerprint density at radius 2 is 1.88 bits per heavy atom. The number of hydrogen-bond acceptors (Lipinski definition) is 4. The van der Waals surface area contributed by atoms with Gasteiger partial charge in [0, 0.05) is 17.1 Å². The van der Waals surface area contributed by atoms with Crippen LogP contribution in [0.15, 0.2) is 66.2 Å². The van der Waals surface area contributed by atoms with E-state index in [4.69, 9.17) is 11.6 Å². The van der Waals surface area contributed by atoms with Crippen LogP contribution in [-0.4, -0.2) is 15.9 Å². The van der Waals surface area contributed by atoms with Crippen molar-refractivity contribution in [3.63, 3.8) is 0 Å². The number of benzene rings is 2. The van der Waals surface area contributed by atoms with Gasteiger partial charge in [0.2, 0.25) is 0 Å². The van der Waals surface area contributed by atoms with Crippen molar-refractivity contribution in [2.24, 2.45) is 0 Å². The average molecular weight is 366 g/mol. The summed E-state index contributed by atoms with van der Waals surface area (Å²) in [6, 6.07) is 17.7. The standard InChI is InChI=1S/C19H12ClN3OS/c20-17-15(6-3-9-21-17)18(24)23-19-22-16(11-25-19)14-8-7-12-4-1-2-5-13(12)10-14/h1-11H,(H,22,23,24). The Morgan fingerprint density at radius 1 is 1.04 bits per heavy atom. The van der Waals surface area contributed by atoms with Crippen LogP contribution in [-0.2, 0) is 0 Å². The normalized spacial score (nSPS) is 10.8. The summed E-state index contributed by atoms with van der Waals surface area (Å²) in [6.07, 6.45) is 1.54. The average Bonchev–Trinajstić information content (AvgIpc) is 3.10. The quantitative estimate of drug-likeness (QED) is 0.503. The molecule has 0 bridgehead atoms. The molecule has 25 heavy (non-hydrogen) atoms. The molecule has 0 aliphatic heterocycles. The maximum atomic E-state index is 12.3. The number of fused-ring (bicyclic) bond motifs is 1. The Labute approximate surface area is 153 Å². The minimum Gasteiger partial charge on any atom is -0.298 e. The van der Waals surface area contributed by atoms with Crippen molar-refractivity contribution in [1.29, 1.82) is 0 Å². The first kappa shape index (κ1) is 15.7. The molecule has 6 heteroatoms. The lowest BCUT2D eigenvalue weighted by Gasteiger charge is -2.03. The Hall–Kier alpha value is -2.76. The predicted molar refractivity (Wildman–Crippen MR) is 102 cm³/mol. The van der Waals surface area contributed by atoms with Crippen LogP contribution in [0.3, 0.4) is 0 Å². The van der Waals surface area contributed by atoms with Crippen LogP contribution in [0.5, 0.6) is 0 Å². The Morgan fingerprint density at radius 3 is 2.72 bits per heavy atom. The van der Waals surface area contributed by atoms with Gasteiger partial charge >= 0.3 is 0 Å². The lowest BCUT2D eigenvalue weighted by atomic mass is 10.1. The van der Waals surface area contributed by atoms with Crippen molar-refractivity contribution in [2.45, 2.75) is 0 Å². The third-order valence-corrected chi connectivity index (χ3v) is 4.83. The summed E-state index contributed by atoms with van der Waals surface area (Å²) >= 11 is 7.33. The number of carbonyl (C=O) groups excluding carboxylic acids is 1. The topological polar surface area (TPSA) is 54.9 Å². The van der Waals surface area contributed by atoms with Gasteiger partial charge in [-0.3, -0.25) is 10.1 Å². The summed E-state index contributed by atoms with van der Waals surface area (Å²) < 4.78 is 0. The highest BCUT2D eigenvalue weighted by Gasteiger charge is 2.13. The van der Waals surface area contributed by atoms with Crippen LogP contribution in [0.2, 0.25) is 5.15 Å². The fraction of sp³-hybridized carbons (Fsp3) is 0. The summed E-state index contributed by atoms with van der Waals surface area (Å²) in [5.41, 5.74) is 2.16. The van der Waals surface area contributed by atoms with Crippen molar-refractivity contribution in [3.05, 3.63) is 76.9 Å². The molecule has 0 saturated heterocycles. The number of nitrogens with zero attached hydrogens (tertiary/aromatic N) is 2. The number of anilines is 1. The molecule has 0 atom stereocenters. The van der Waals surface area contributed by atoms with Crippen molar-refractivity contribution in [1.82, 2.24) is 9.97 Å². The fourth-order valence-corrected chi connectivity index (χ4v) is 3.45. The largest absolute Gasteiger partial charge is 0.298 e. The highest BCUT2D eigenvalue weighted by atomic mass is 35.5. The summed E-state index contributed by atoms with van der Waals surface area (Å²) in [5.74, 6) is -0.322. The number of aromatic nitrogens is 2. The smallest absolute Gasteiger partial charge is 0.260 e. The highest BCUT2D eigenvalue weighted by Crippen LogP contribution is 2.28. The minimum absolute atomic E-state index is 0.173. The van der Waals surface area contributed by atoms with Crippen molar-refractivity contribution in [2.75, 3.05) is 5.32 Å². The predicted octanol–water partition coefficient (Wildman–Crippen LogP) is 5.26. The molecular weight excluding hydrogens is 354 g/mol. The zero-order chi connectivity index (χ0) is 17.2. The fourth-order valence-electron chi connectivity index (χ4n) is 2.53. The number of carbonyl (C=O) groups is 1. The number of hydrogen-bond donors (Lipinski definition) is 1. The van der Waals surface area contributed by atoms with Gasteiger partial charge < -0.3 is 0 Å². The van der Waals surface area contributed by atoms with E-state index >= 15 is 0 Å². The zero-order valence-electron chi connectivity index (χ0n) is 12.9. The molecule has 4 aromatic rings. The summed E-state index contributed by atoms with van der Waals surface area (Å²) in [5, 5.41) is 7.72. The molecule has 0 unspecified atom stereocenters. The van der Waals surface area contributed by atoms with Gasteiger partial charge in [-0.05, 0) is 29.0 Å². The maximum Gasteiger partial charge on any atom is 0.260 e. The third kappa shape index (κ3) is 3.24. The number of halogens is 1. The van der Waals surface area contributed by atoms with Gasteiger partial charge in [-0.25, -0.2) is 9.97 Å². The first-order valence-corrected chi connectivity index (χ1v) is 8.83.